The molecule has 2 unspecified atom stereocenters. The Kier molecular flexibility index (Phi) is 3.76. The van der Waals surface area contributed by atoms with E-state index >= 15 is 0 Å². The molecular weight excluding hydrogens is 266 g/mol. The molecule has 0 spiro atoms. The van der Waals surface area contributed by atoms with Crippen LogP contribution in [0.25, 0.3) is 0 Å². The topological polar surface area (TPSA) is 69.8 Å². The third-order valence-electron chi connectivity index (χ3n) is 4.93. The van der Waals surface area contributed by atoms with E-state index in [9.17, 15) is 9.90 Å². The molecule has 2 fully saturated rings. The molecule has 2 atom stereocenters. The van der Waals surface area contributed by atoms with Crippen LogP contribution in [0.5, 0.6) is 5.75 Å². The first kappa shape index (κ1) is 14.2. The van der Waals surface area contributed by atoms with Crippen molar-refractivity contribution in [1.82, 2.24) is 9.80 Å². The van der Waals surface area contributed by atoms with Gasteiger partial charge in [0.2, 0.25) is 0 Å². The van der Waals surface area contributed by atoms with Crippen LogP contribution in [0.15, 0.2) is 18.2 Å². The van der Waals surface area contributed by atoms with Crippen LogP contribution in [0.4, 0.5) is 5.69 Å². The van der Waals surface area contributed by atoms with Crippen LogP contribution in [0.1, 0.15) is 29.6 Å². The number of aromatic hydroxyl groups is 1. The number of carbonyl (C=O) groups excluding carboxylic acids is 1. The normalized spacial score (nSPS) is 26.4. The number of phenols is 1. The number of amides is 1. The maximum absolute atomic E-state index is 12.6. The van der Waals surface area contributed by atoms with Gasteiger partial charge in [0.25, 0.3) is 5.91 Å². The summed E-state index contributed by atoms with van der Waals surface area (Å²) in [5.41, 5.74) is 6.26. The third-order valence-corrected chi connectivity index (χ3v) is 4.93. The molecule has 5 nitrogen and oxygen atoms in total. The summed E-state index contributed by atoms with van der Waals surface area (Å²) in [5, 5.41) is 9.99. The van der Waals surface area contributed by atoms with E-state index in [0.29, 0.717) is 17.5 Å². The first-order valence-corrected chi connectivity index (χ1v) is 7.65. The molecule has 114 valence electrons. The number of nitrogen functional groups attached to an aromatic ring is 1. The number of hydrogen-bond donors (Lipinski definition) is 2. The average molecular weight is 289 g/mol. The molecule has 5 heteroatoms. The smallest absolute Gasteiger partial charge is 0.257 e. The van der Waals surface area contributed by atoms with Gasteiger partial charge in [0, 0.05) is 19.1 Å². The number of anilines is 1. The first-order chi connectivity index (χ1) is 10.1. The zero-order valence-electron chi connectivity index (χ0n) is 12.5. The fraction of sp³-hybridized carbons (Fsp3) is 0.562. The van der Waals surface area contributed by atoms with Crippen molar-refractivity contribution in [1.29, 1.82) is 0 Å². The number of fused-ring (bicyclic) bond motifs is 1. The predicted molar refractivity (Wildman–Crippen MR) is 82.2 cm³/mol. The van der Waals surface area contributed by atoms with Crippen LogP contribution in [-0.4, -0.2) is 53.5 Å². The van der Waals surface area contributed by atoms with Crippen molar-refractivity contribution in [3.05, 3.63) is 23.8 Å². The molecule has 0 saturated carbocycles. The predicted octanol–water partition coefficient (Wildman–Crippen LogP) is 1.53. The highest BCUT2D eigenvalue weighted by Gasteiger charge is 2.36. The number of rotatable bonds is 1. The van der Waals surface area contributed by atoms with Crippen LogP contribution in [0.3, 0.4) is 0 Å². The lowest BCUT2D eigenvalue weighted by atomic mass is 9.84. The molecule has 1 aromatic carbocycles. The lowest BCUT2D eigenvalue weighted by molar-refractivity contribution is 0.0315. The highest BCUT2D eigenvalue weighted by molar-refractivity contribution is 5.98. The van der Waals surface area contributed by atoms with E-state index in [0.717, 1.165) is 26.1 Å². The number of phenolic OH excluding ortho intramolecular Hbond substituents is 1. The third kappa shape index (κ3) is 2.58. The van der Waals surface area contributed by atoms with Gasteiger partial charge in [0.05, 0.1) is 11.3 Å². The van der Waals surface area contributed by atoms with Gasteiger partial charge in [-0.3, -0.25) is 4.79 Å². The Balaban J connectivity index is 1.76. The number of carbonyl (C=O) groups is 1. The van der Waals surface area contributed by atoms with Crippen molar-refractivity contribution in [3.8, 4) is 5.75 Å². The van der Waals surface area contributed by atoms with E-state index in [2.05, 4.69) is 11.9 Å². The van der Waals surface area contributed by atoms with Gasteiger partial charge >= 0.3 is 0 Å². The Morgan fingerprint density at radius 1 is 1.33 bits per heavy atom. The molecule has 1 aromatic rings. The number of benzene rings is 1. The highest BCUT2D eigenvalue weighted by Crippen LogP contribution is 2.32. The number of likely N-dealkylation sites (tertiary alicyclic amines) is 2. The lowest BCUT2D eigenvalue weighted by Gasteiger charge is -2.46. The van der Waals surface area contributed by atoms with E-state index in [1.165, 1.54) is 12.8 Å². The minimum atomic E-state index is -0.105. The van der Waals surface area contributed by atoms with Gasteiger partial charge in [-0.2, -0.15) is 0 Å². The van der Waals surface area contributed by atoms with Gasteiger partial charge in [0.15, 0.2) is 5.75 Å². The molecule has 2 aliphatic heterocycles. The Morgan fingerprint density at radius 3 is 2.95 bits per heavy atom. The molecule has 0 aliphatic carbocycles. The van der Waals surface area contributed by atoms with Crippen molar-refractivity contribution in [2.75, 3.05) is 32.4 Å². The van der Waals surface area contributed by atoms with Crippen molar-refractivity contribution in [2.45, 2.75) is 25.3 Å². The van der Waals surface area contributed by atoms with Gasteiger partial charge < -0.3 is 20.6 Å². The van der Waals surface area contributed by atoms with Crippen molar-refractivity contribution < 1.29 is 9.90 Å². The molecule has 0 radical (unpaired) electrons. The SMILES string of the molecule is CN1CCCC2CN(C(=O)c3cccc(N)c3O)CCC21. The standard InChI is InChI=1S/C16H23N3O2/c1-18-8-3-4-11-10-19(9-7-14(11)18)16(21)12-5-2-6-13(17)15(12)20/h2,5-6,11,14,20H,3-4,7-10,17H2,1H3. The first-order valence-electron chi connectivity index (χ1n) is 7.65. The maximum Gasteiger partial charge on any atom is 0.257 e. The largest absolute Gasteiger partial charge is 0.505 e. The van der Waals surface area contributed by atoms with E-state index < -0.39 is 0 Å². The van der Waals surface area contributed by atoms with Crippen molar-refractivity contribution >= 4 is 11.6 Å². The van der Waals surface area contributed by atoms with Gasteiger partial charge in [-0.25, -0.2) is 0 Å². The fourth-order valence-corrected chi connectivity index (χ4v) is 3.74. The van der Waals surface area contributed by atoms with Crippen LogP contribution in [0, 0.1) is 5.92 Å². The maximum atomic E-state index is 12.6. The summed E-state index contributed by atoms with van der Waals surface area (Å²) in [4.78, 5) is 16.9. The second-order valence-corrected chi connectivity index (χ2v) is 6.23. The molecule has 0 aromatic heterocycles. The van der Waals surface area contributed by atoms with E-state index in [1.807, 2.05) is 4.90 Å². The average Bonchev–Trinajstić information content (AvgIpc) is 2.49. The summed E-state index contributed by atoms with van der Waals surface area (Å²) in [6, 6.07) is 5.56. The number of para-hydroxylation sites is 1. The van der Waals surface area contributed by atoms with E-state index in [1.54, 1.807) is 18.2 Å². The number of nitrogens with two attached hydrogens (primary N) is 1. The van der Waals surface area contributed by atoms with Crippen LogP contribution < -0.4 is 5.73 Å². The molecule has 21 heavy (non-hydrogen) atoms. The molecular formula is C16H23N3O2. The van der Waals surface area contributed by atoms with Crippen molar-refractivity contribution in [3.63, 3.8) is 0 Å². The molecule has 2 heterocycles. The summed E-state index contributed by atoms with van der Waals surface area (Å²) in [6.45, 7) is 2.69. The quantitative estimate of drug-likeness (QED) is 0.607. The van der Waals surface area contributed by atoms with Crippen LogP contribution >= 0.6 is 0 Å². The zero-order valence-corrected chi connectivity index (χ0v) is 12.5. The number of piperidine rings is 2. The molecule has 3 rings (SSSR count). The number of nitrogens with zero attached hydrogens (tertiary/aromatic N) is 2. The summed E-state index contributed by atoms with van der Waals surface area (Å²) in [6.07, 6.45) is 3.39. The zero-order chi connectivity index (χ0) is 15.0. The van der Waals surface area contributed by atoms with Gasteiger partial charge in [-0.15, -0.1) is 0 Å². The Hall–Kier alpha value is -1.75. The fourth-order valence-electron chi connectivity index (χ4n) is 3.74. The molecule has 2 saturated heterocycles. The Bertz CT molecular complexity index is 546. The van der Waals surface area contributed by atoms with E-state index in [4.69, 9.17) is 5.73 Å². The highest BCUT2D eigenvalue weighted by atomic mass is 16.3. The van der Waals surface area contributed by atoms with Crippen LogP contribution in [0.2, 0.25) is 0 Å². The summed E-state index contributed by atoms with van der Waals surface area (Å²) in [5.74, 6) is 0.349. The van der Waals surface area contributed by atoms with Gasteiger partial charge in [0.1, 0.15) is 0 Å². The van der Waals surface area contributed by atoms with Gasteiger partial charge in [-0.1, -0.05) is 6.07 Å². The molecule has 3 N–H and O–H groups in total. The van der Waals surface area contributed by atoms with Crippen LogP contribution in [-0.2, 0) is 0 Å². The lowest BCUT2D eigenvalue weighted by Crippen LogP contribution is -2.53. The molecule has 2 aliphatic rings. The Morgan fingerprint density at radius 2 is 2.14 bits per heavy atom. The minimum absolute atomic E-state index is 0.0922. The van der Waals surface area contributed by atoms with E-state index in [-0.39, 0.29) is 17.3 Å². The summed E-state index contributed by atoms with van der Waals surface area (Å²) in [7, 11) is 2.18. The second-order valence-electron chi connectivity index (χ2n) is 6.23. The minimum Gasteiger partial charge on any atom is -0.505 e. The number of hydrogen-bond acceptors (Lipinski definition) is 4. The summed E-state index contributed by atoms with van der Waals surface area (Å²) >= 11 is 0. The van der Waals surface area contributed by atoms with Gasteiger partial charge in [-0.05, 0) is 50.9 Å². The summed E-state index contributed by atoms with van der Waals surface area (Å²) < 4.78 is 0. The molecule has 1 amide bonds. The molecule has 0 bridgehead atoms. The van der Waals surface area contributed by atoms with Crippen molar-refractivity contribution in [2.24, 2.45) is 5.92 Å². The second kappa shape index (κ2) is 5.56. The Labute approximate surface area is 125 Å². The monoisotopic (exact) mass is 289 g/mol.